The maximum atomic E-state index is 5.83. The molecule has 0 aromatic carbocycles. The second-order valence-corrected chi connectivity index (χ2v) is 8.55. The Hall–Kier alpha value is -1.77. The topological polar surface area (TPSA) is 68.0 Å². The van der Waals surface area contributed by atoms with E-state index < -0.39 is 0 Å². The van der Waals surface area contributed by atoms with Gasteiger partial charge in [-0.05, 0) is 25.7 Å². The zero-order chi connectivity index (χ0) is 19.1. The molecule has 1 spiro atoms. The van der Waals surface area contributed by atoms with Crippen LogP contribution in [0.5, 0.6) is 0 Å². The highest BCUT2D eigenvalue weighted by molar-refractivity contribution is 5.48. The fourth-order valence-electron chi connectivity index (χ4n) is 4.58. The Morgan fingerprint density at radius 3 is 2.50 bits per heavy atom. The lowest BCUT2D eigenvalue weighted by atomic mass is 9.99. The molecule has 152 valence electrons. The summed E-state index contributed by atoms with van der Waals surface area (Å²) in [7, 11) is 0. The minimum Gasteiger partial charge on any atom is -0.356 e. The molecular weight excluding hydrogens is 356 g/mol. The molecule has 2 aromatic rings. The summed E-state index contributed by atoms with van der Waals surface area (Å²) >= 11 is 0. The predicted octanol–water partition coefficient (Wildman–Crippen LogP) is 2.01. The van der Waals surface area contributed by atoms with Crippen molar-refractivity contribution in [3.8, 4) is 0 Å². The molecule has 8 nitrogen and oxygen atoms in total. The number of likely N-dealkylation sites (tertiary alicyclic amines) is 1. The number of fused-ring (bicyclic) bond motifs is 1. The molecule has 5 heterocycles. The van der Waals surface area contributed by atoms with E-state index in [-0.39, 0.29) is 5.79 Å². The molecule has 0 amide bonds. The van der Waals surface area contributed by atoms with Crippen LogP contribution in [0, 0.1) is 12.8 Å². The first-order valence-electron chi connectivity index (χ1n) is 10.6. The number of piperidine rings is 2. The Labute approximate surface area is 165 Å². The van der Waals surface area contributed by atoms with Crippen LogP contribution in [0.1, 0.15) is 44.1 Å². The van der Waals surface area contributed by atoms with Gasteiger partial charge in [0.1, 0.15) is 5.82 Å². The van der Waals surface area contributed by atoms with Gasteiger partial charge in [-0.25, -0.2) is 4.98 Å². The first-order valence-corrected chi connectivity index (χ1v) is 10.6. The van der Waals surface area contributed by atoms with Crippen LogP contribution in [-0.2, 0) is 16.0 Å². The maximum absolute atomic E-state index is 5.83. The van der Waals surface area contributed by atoms with Crippen molar-refractivity contribution in [3.63, 3.8) is 0 Å². The lowest BCUT2D eigenvalue weighted by Crippen LogP contribution is -2.44. The number of nitrogens with zero attached hydrogens (tertiary/aromatic N) is 6. The van der Waals surface area contributed by atoms with Crippen LogP contribution < -0.4 is 4.90 Å². The smallest absolute Gasteiger partial charge is 0.254 e. The van der Waals surface area contributed by atoms with E-state index in [9.17, 15) is 0 Å². The summed E-state index contributed by atoms with van der Waals surface area (Å²) in [6, 6.07) is 2.14. The largest absolute Gasteiger partial charge is 0.356 e. The first kappa shape index (κ1) is 18.3. The Morgan fingerprint density at radius 2 is 1.79 bits per heavy atom. The van der Waals surface area contributed by atoms with Crippen molar-refractivity contribution in [1.29, 1.82) is 0 Å². The fraction of sp³-hybridized carbons (Fsp3) is 0.750. The minimum absolute atomic E-state index is 0.333. The van der Waals surface area contributed by atoms with Crippen molar-refractivity contribution < 1.29 is 9.47 Å². The summed E-state index contributed by atoms with van der Waals surface area (Å²) in [5.41, 5.74) is 0.996. The quantitative estimate of drug-likeness (QED) is 0.799. The summed E-state index contributed by atoms with van der Waals surface area (Å²) in [6.07, 6.45) is 4.28. The second kappa shape index (κ2) is 7.24. The highest BCUT2D eigenvalue weighted by Crippen LogP contribution is 2.31. The molecule has 3 fully saturated rings. The van der Waals surface area contributed by atoms with E-state index in [2.05, 4.69) is 27.8 Å². The van der Waals surface area contributed by atoms with E-state index in [1.807, 2.05) is 11.4 Å². The average molecular weight is 387 g/mol. The number of ether oxygens (including phenoxy) is 2. The van der Waals surface area contributed by atoms with Crippen LogP contribution >= 0.6 is 0 Å². The van der Waals surface area contributed by atoms with E-state index in [1.165, 1.54) is 12.8 Å². The van der Waals surface area contributed by atoms with Crippen molar-refractivity contribution in [2.75, 3.05) is 44.3 Å². The highest BCUT2D eigenvalue weighted by atomic mass is 16.7. The van der Waals surface area contributed by atoms with Gasteiger partial charge < -0.3 is 14.4 Å². The molecule has 0 radical (unpaired) electrons. The minimum atomic E-state index is -0.333. The van der Waals surface area contributed by atoms with Crippen molar-refractivity contribution in [3.05, 3.63) is 17.6 Å². The lowest BCUT2D eigenvalue weighted by molar-refractivity contribution is -0.185. The van der Waals surface area contributed by atoms with E-state index in [0.717, 1.165) is 82.0 Å². The number of hydrogen-bond donors (Lipinski definition) is 0. The summed E-state index contributed by atoms with van der Waals surface area (Å²) in [5.74, 6) is 3.14. The highest BCUT2D eigenvalue weighted by Gasteiger charge is 2.39. The molecule has 28 heavy (non-hydrogen) atoms. The summed E-state index contributed by atoms with van der Waals surface area (Å²) in [5, 5.41) is 4.83. The normalized spacial score (nSPS) is 23.9. The summed E-state index contributed by atoms with van der Waals surface area (Å²) < 4.78 is 13.6. The molecule has 0 unspecified atom stereocenters. The third-order valence-electron chi connectivity index (χ3n) is 6.37. The number of rotatable bonds is 3. The van der Waals surface area contributed by atoms with Crippen LogP contribution in [0.2, 0.25) is 0 Å². The summed E-state index contributed by atoms with van der Waals surface area (Å²) in [4.78, 5) is 14.2. The molecule has 0 saturated carbocycles. The standard InChI is InChI=1S/C20H30N6O2/c1-15-3-7-25(8-4-15)18-13-16(2)21-19-22-17(23-26(18)19)14-24-9-5-20(6-10-24)27-11-12-28-20/h13,15H,3-12,14H2,1-2H3. The number of aromatic nitrogens is 4. The van der Waals surface area contributed by atoms with Gasteiger partial charge in [0.05, 0.1) is 19.8 Å². The Morgan fingerprint density at radius 1 is 1.07 bits per heavy atom. The van der Waals surface area contributed by atoms with Gasteiger partial charge in [-0.3, -0.25) is 4.90 Å². The summed E-state index contributed by atoms with van der Waals surface area (Å²) in [6.45, 7) is 10.6. The van der Waals surface area contributed by atoms with E-state index in [1.54, 1.807) is 0 Å². The van der Waals surface area contributed by atoms with Gasteiger partial charge in [0.15, 0.2) is 11.6 Å². The molecule has 0 aliphatic carbocycles. The van der Waals surface area contributed by atoms with Crippen molar-refractivity contribution in [2.24, 2.45) is 5.92 Å². The molecule has 3 aliphatic heterocycles. The van der Waals surface area contributed by atoms with E-state index >= 15 is 0 Å². The van der Waals surface area contributed by atoms with E-state index in [0.29, 0.717) is 5.78 Å². The number of aryl methyl sites for hydroxylation is 1. The molecule has 5 rings (SSSR count). The van der Waals surface area contributed by atoms with Gasteiger partial charge in [0.2, 0.25) is 0 Å². The maximum Gasteiger partial charge on any atom is 0.254 e. The number of anilines is 1. The Balaban J connectivity index is 1.33. The second-order valence-electron chi connectivity index (χ2n) is 8.55. The molecule has 2 aromatic heterocycles. The van der Waals surface area contributed by atoms with Gasteiger partial charge in [0, 0.05) is 50.8 Å². The third-order valence-corrected chi connectivity index (χ3v) is 6.37. The van der Waals surface area contributed by atoms with Crippen LogP contribution in [0.4, 0.5) is 5.82 Å². The average Bonchev–Trinajstić information content (AvgIpc) is 3.31. The van der Waals surface area contributed by atoms with E-state index in [4.69, 9.17) is 19.6 Å². The zero-order valence-electron chi connectivity index (χ0n) is 16.9. The Kier molecular flexibility index (Phi) is 4.72. The zero-order valence-corrected chi connectivity index (χ0v) is 16.9. The molecule has 0 N–H and O–H groups in total. The van der Waals surface area contributed by atoms with Gasteiger partial charge >= 0.3 is 0 Å². The fourth-order valence-corrected chi connectivity index (χ4v) is 4.58. The van der Waals surface area contributed by atoms with Crippen LogP contribution in [0.15, 0.2) is 6.07 Å². The van der Waals surface area contributed by atoms with Crippen LogP contribution in [0.3, 0.4) is 0 Å². The van der Waals surface area contributed by atoms with Crippen molar-refractivity contribution >= 4 is 11.6 Å². The number of hydrogen-bond acceptors (Lipinski definition) is 7. The van der Waals surface area contributed by atoms with Gasteiger partial charge in [-0.1, -0.05) is 6.92 Å². The van der Waals surface area contributed by atoms with Gasteiger partial charge in [-0.15, -0.1) is 5.10 Å². The molecule has 8 heteroatoms. The van der Waals surface area contributed by atoms with Crippen LogP contribution in [-0.4, -0.2) is 69.7 Å². The van der Waals surface area contributed by atoms with Crippen molar-refractivity contribution in [1.82, 2.24) is 24.5 Å². The molecule has 0 atom stereocenters. The van der Waals surface area contributed by atoms with Gasteiger partial charge in [-0.2, -0.15) is 9.50 Å². The molecule has 3 aliphatic rings. The first-order chi connectivity index (χ1) is 13.6. The van der Waals surface area contributed by atoms with Crippen molar-refractivity contribution in [2.45, 2.75) is 51.9 Å². The lowest BCUT2D eigenvalue weighted by Gasteiger charge is -2.37. The molecule has 0 bridgehead atoms. The molecular formula is C20H30N6O2. The SMILES string of the molecule is Cc1cc(N2CCC(C)CC2)n2nc(CN3CCC4(CC3)OCCO4)nc2n1. The predicted molar refractivity (Wildman–Crippen MR) is 105 cm³/mol. The Bertz CT molecular complexity index is 829. The third kappa shape index (κ3) is 3.49. The van der Waals surface area contributed by atoms with Crippen LogP contribution in [0.25, 0.3) is 5.78 Å². The van der Waals surface area contributed by atoms with Gasteiger partial charge in [0.25, 0.3) is 5.78 Å². The molecule has 3 saturated heterocycles. The monoisotopic (exact) mass is 386 g/mol.